The number of aliphatic hydroxyl groups is 4. The van der Waals surface area contributed by atoms with Gasteiger partial charge in [0.1, 0.15) is 0 Å². The Morgan fingerprint density at radius 2 is 1.12 bits per heavy atom. The number of benzene rings is 1. The molecule has 0 aliphatic heterocycles. The van der Waals surface area contributed by atoms with Gasteiger partial charge in [0.25, 0.3) is 0 Å². The second-order valence-corrected chi connectivity index (χ2v) is 11.7. The van der Waals surface area contributed by atoms with Gasteiger partial charge in [-0.25, -0.2) is 4.31 Å². The molecule has 0 bridgehead atoms. The summed E-state index contributed by atoms with van der Waals surface area (Å²) in [6, 6.07) is 4.28. The van der Waals surface area contributed by atoms with Crippen molar-refractivity contribution in [2.75, 3.05) is 26.4 Å². The Bertz CT molecular complexity index is 628. The SMILES string of the molecule is Cc1cc(C(C)(C)C)c(COP(O)OP(O)O)c(C(C)(C)C)c1.OCC(CO)(CO)CO. The molecule has 32 heavy (non-hydrogen) atoms. The molecule has 1 atom stereocenters. The lowest BCUT2D eigenvalue weighted by Gasteiger charge is -2.31. The van der Waals surface area contributed by atoms with Crippen molar-refractivity contribution in [1.29, 1.82) is 0 Å². The van der Waals surface area contributed by atoms with E-state index in [0.29, 0.717) is 0 Å². The van der Waals surface area contributed by atoms with Crippen molar-refractivity contribution in [3.8, 4) is 0 Å². The summed E-state index contributed by atoms with van der Waals surface area (Å²) in [5.74, 6) is 0. The Labute approximate surface area is 193 Å². The minimum atomic E-state index is -2.63. The molecule has 1 aromatic rings. The average molecular weight is 498 g/mol. The maximum Gasteiger partial charge on any atom is 0.337 e. The minimum absolute atomic E-state index is 0.0790. The van der Waals surface area contributed by atoms with Crippen molar-refractivity contribution in [3.63, 3.8) is 0 Å². The van der Waals surface area contributed by atoms with E-state index in [-0.39, 0.29) is 17.4 Å². The van der Waals surface area contributed by atoms with Crippen LogP contribution >= 0.6 is 17.2 Å². The van der Waals surface area contributed by atoms with E-state index in [1.165, 1.54) is 5.56 Å². The highest BCUT2D eigenvalue weighted by atomic mass is 31.2. The van der Waals surface area contributed by atoms with Crippen molar-refractivity contribution in [2.45, 2.75) is 65.9 Å². The monoisotopic (exact) mass is 498 g/mol. The maximum atomic E-state index is 9.64. The van der Waals surface area contributed by atoms with Crippen LogP contribution in [-0.4, -0.2) is 61.5 Å². The molecule has 7 N–H and O–H groups in total. The summed E-state index contributed by atoms with van der Waals surface area (Å²) in [4.78, 5) is 27.2. The lowest BCUT2D eigenvalue weighted by atomic mass is 9.75. The van der Waals surface area contributed by atoms with Gasteiger partial charge in [-0.05, 0) is 34.4 Å². The van der Waals surface area contributed by atoms with E-state index < -0.39 is 49.0 Å². The normalized spacial score (nSPS) is 13.7. The number of aliphatic hydroxyl groups excluding tert-OH is 4. The van der Waals surface area contributed by atoms with E-state index in [0.717, 1.165) is 16.7 Å². The van der Waals surface area contributed by atoms with Gasteiger partial charge in [0.2, 0.25) is 0 Å². The molecule has 0 amide bonds. The molecule has 1 unspecified atom stereocenters. The van der Waals surface area contributed by atoms with Crippen LogP contribution in [0.25, 0.3) is 0 Å². The van der Waals surface area contributed by atoms with E-state index in [1.807, 2.05) is 0 Å². The van der Waals surface area contributed by atoms with Crippen molar-refractivity contribution in [2.24, 2.45) is 5.41 Å². The molecule has 9 nitrogen and oxygen atoms in total. The summed E-state index contributed by atoms with van der Waals surface area (Å²) in [7, 11) is -4.95. The Hall–Kier alpha value is -0.280. The van der Waals surface area contributed by atoms with Crippen LogP contribution in [0.1, 0.15) is 63.8 Å². The van der Waals surface area contributed by atoms with Crippen LogP contribution in [0.15, 0.2) is 12.1 Å². The van der Waals surface area contributed by atoms with E-state index in [1.54, 1.807) is 0 Å². The second kappa shape index (κ2) is 13.6. The van der Waals surface area contributed by atoms with Crippen LogP contribution in [0.5, 0.6) is 0 Å². The molecule has 0 spiro atoms. The predicted octanol–water partition coefficient (Wildman–Crippen LogP) is 2.50. The summed E-state index contributed by atoms with van der Waals surface area (Å²) in [5.41, 5.74) is 3.23. The third-order valence-electron chi connectivity index (χ3n) is 4.81. The Morgan fingerprint density at radius 1 is 0.750 bits per heavy atom. The first-order valence-corrected chi connectivity index (χ1v) is 12.4. The first-order valence-electron chi connectivity index (χ1n) is 10.1. The molecule has 0 aliphatic carbocycles. The van der Waals surface area contributed by atoms with Crippen LogP contribution < -0.4 is 0 Å². The van der Waals surface area contributed by atoms with Gasteiger partial charge < -0.3 is 39.6 Å². The van der Waals surface area contributed by atoms with E-state index in [9.17, 15) is 4.89 Å². The number of rotatable bonds is 9. The van der Waals surface area contributed by atoms with Gasteiger partial charge in [-0.1, -0.05) is 59.2 Å². The van der Waals surface area contributed by atoms with Crippen LogP contribution in [-0.2, 0) is 26.3 Å². The fourth-order valence-electron chi connectivity index (χ4n) is 2.82. The average Bonchev–Trinajstić information content (AvgIpc) is 2.67. The standard InChI is InChI=1S/C16H28O5P2.C5H12O4/c1-11-8-13(15(2,3)4)12(14(9-11)16(5,6)7)10-20-23(19)21-22(17)18;6-1-5(2-7,3-8)4-9/h8-9,17-19H,10H2,1-7H3;6-9H,1-4H2. The highest BCUT2D eigenvalue weighted by molar-refractivity contribution is 7.54. The van der Waals surface area contributed by atoms with Crippen LogP contribution in [0.4, 0.5) is 0 Å². The molecule has 0 heterocycles. The molecule has 1 aromatic carbocycles. The second-order valence-electron chi connectivity index (χ2n) is 9.82. The summed E-state index contributed by atoms with van der Waals surface area (Å²) in [6.07, 6.45) is 0. The largest absolute Gasteiger partial charge is 0.396 e. The summed E-state index contributed by atoms with van der Waals surface area (Å²) in [5, 5.41) is 34.0. The summed E-state index contributed by atoms with van der Waals surface area (Å²) in [6.45, 7) is 13.4. The van der Waals surface area contributed by atoms with E-state index in [4.69, 9.17) is 34.7 Å². The zero-order chi connectivity index (χ0) is 25.3. The maximum absolute atomic E-state index is 9.64. The van der Waals surface area contributed by atoms with Gasteiger partial charge in [-0.2, -0.15) is 0 Å². The zero-order valence-corrected chi connectivity index (χ0v) is 21.8. The Morgan fingerprint density at radius 3 is 1.38 bits per heavy atom. The first-order chi connectivity index (χ1) is 14.6. The van der Waals surface area contributed by atoms with Gasteiger partial charge >= 0.3 is 17.2 Å². The molecule has 0 aromatic heterocycles. The lowest BCUT2D eigenvalue weighted by molar-refractivity contribution is -0.0328. The highest BCUT2D eigenvalue weighted by Gasteiger charge is 2.28. The molecule has 0 aliphatic rings. The third kappa shape index (κ3) is 10.3. The van der Waals surface area contributed by atoms with Crippen molar-refractivity contribution in [3.05, 3.63) is 34.4 Å². The van der Waals surface area contributed by atoms with Gasteiger partial charge in [-0.3, -0.25) is 0 Å². The molecule has 0 saturated carbocycles. The van der Waals surface area contributed by atoms with Crippen LogP contribution in [0, 0.1) is 12.3 Å². The van der Waals surface area contributed by atoms with Gasteiger partial charge in [0.15, 0.2) is 0 Å². The summed E-state index contributed by atoms with van der Waals surface area (Å²) >= 11 is 0. The zero-order valence-electron chi connectivity index (χ0n) is 20.0. The fourth-order valence-corrected chi connectivity index (χ4v) is 3.74. The lowest BCUT2D eigenvalue weighted by Crippen LogP contribution is -2.37. The Kier molecular flexibility index (Phi) is 13.4. The van der Waals surface area contributed by atoms with Gasteiger partial charge in [-0.15, -0.1) is 0 Å². The minimum Gasteiger partial charge on any atom is -0.396 e. The molecular weight excluding hydrogens is 458 g/mol. The quantitative estimate of drug-likeness (QED) is 0.254. The molecular formula is C21H40O9P2. The third-order valence-corrected chi connectivity index (χ3v) is 6.31. The fraction of sp³-hybridized carbons (Fsp3) is 0.714. The molecule has 0 radical (unpaired) electrons. The van der Waals surface area contributed by atoms with Crippen LogP contribution in [0.2, 0.25) is 0 Å². The molecule has 11 heteroatoms. The van der Waals surface area contributed by atoms with E-state index in [2.05, 4.69) is 64.9 Å². The van der Waals surface area contributed by atoms with Crippen LogP contribution in [0.3, 0.4) is 0 Å². The molecule has 0 fully saturated rings. The van der Waals surface area contributed by atoms with E-state index >= 15 is 0 Å². The number of hydrogen-bond donors (Lipinski definition) is 7. The smallest absolute Gasteiger partial charge is 0.337 e. The number of hydrogen-bond acceptors (Lipinski definition) is 9. The Balaban J connectivity index is 0.000000900. The topological polar surface area (TPSA) is 160 Å². The number of aryl methyl sites for hydroxylation is 1. The molecule has 1 rings (SSSR count). The summed E-state index contributed by atoms with van der Waals surface area (Å²) < 4.78 is 9.87. The first kappa shape index (κ1) is 31.7. The predicted molar refractivity (Wildman–Crippen MR) is 126 cm³/mol. The highest BCUT2D eigenvalue weighted by Crippen LogP contribution is 2.47. The van der Waals surface area contributed by atoms with Crippen molar-refractivity contribution < 1.29 is 43.9 Å². The van der Waals surface area contributed by atoms with Gasteiger partial charge in [0.05, 0.1) is 38.4 Å². The van der Waals surface area contributed by atoms with Crippen molar-refractivity contribution in [1.82, 2.24) is 0 Å². The molecule has 188 valence electrons. The van der Waals surface area contributed by atoms with Crippen molar-refractivity contribution >= 4 is 17.2 Å². The van der Waals surface area contributed by atoms with Gasteiger partial charge in [0, 0.05) is 0 Å². The molecule has 0 saturated heterocycles.